The highest BCUT2D eigenvalue weighted by Gasteiger charge is 2.40. The Morgan fingerprint density at radius 3 is 1.93 bits per heavy atom. The third kappa shape index (κ3) is 5.06. The molecule has 1 heterocycles. The van der Waals surface area contributed by atoms with Crippen LogP contribution in [0.25, 0.3) is 11.1 Å². The molecule has 0 radical (unpaired) electrons. The zero-order chi connectivity index (χ0) is 21.4. The Bertz CT molecular complexity index is 1090. The largest absolute Gasteiger partial charge is 0.478 e. The van der Waals surface area contributed by atoms with E-state index in [2.05, 4.69) is 28.4 Å². The smallest absolute Gasteiger partial charge is 0.331 e. The van der Waals surface area contributed by atoms with Gasteiger partial charge in [0, 0.05) is 11.1 Å². The molecule has 1 N–H and O–H groups in total. The minimum Gasteiger partial charge on any atom is -0.478 e. The fourth-order valence-corrected chi connectivity index (χ4v) is 2.92. The van der Waals surface area contributed by atoms with Crippen LogP contribution in [0.4, 0.5) is 0 Å². The summed E-state index contributed by atoms with van der Waals surface area (Å²) in [6, 6.07) is 29.3. The average Bonchev–Trinajstić information content (AvgIpc) is 3.60. The molecule has 3 aromatic carbocycles. The Morgan fingerprint density at radius 2 is 1.47 bits per heavy atom. The van der Waals surface area contributed by atoms with Gasteiger partial charge in [-0.2, -0.15) is 5.26 Å². The van der Waals surface area contributed by atoms with Gasteiger partial charge in [-0.3, -0.25) is 0 Å². The normalized spacial score (nSPS) is 13.5. The van der Waals surface area contributed by atoms with Crippen LogP contribution in [0.15, 0.2) is 107 Å². The van der Waals surface area contributed by atoms with Crippen LogP contribution in [0.2, 0.25) is 0 Å². The minimum atomic E-state index is -0.907. The van der Waals surface area contributed by atoms with Gasteiger partial charge in [0.05, 0.1) is 11.6 Å². The van der Waals surface area contributed by atoms with Crippen LogP contribution in [0, 0.1) is 11.3 Å². The Kier molecular flexibility index (Phi) is 6.51. The molecule has 30 heavy (non-hydrogen) atoms. The maximum Gasteiger partial charge on any atom is 0.331 e. The van der Waals surface area contributed by atoms with Crippen molar-refractivity contribution in [2.45, 2.75) is 19.0 Å². The Hall–Kier alpha value is -4.04. The van der Waals surface area contributed by atoms with Crippen LogP contribution in [0.1, 0.15) is 24.5 Å². The van der Waals surface area contributed by atoms with Crippen molar-refractivity contribution < 1.29 is 9.90 Å². The second kappa shape index (κ2) is 9.44. The third-order valence-corrected chi connectivity index (χ3v) is 4.67. The summed E-state index contributed by atoms with van der Waals surface area (Å²) in [5, 5.41) is 25.5. The van der Waals surface area contributed by atoms with Gasteiger partial charge in [0.25, 0.3) is 0 Å². The van der Waals surface area contributed by atoms with Gasteiger partial charge in [-0.1, -0.05) is 79.7 Å². The van der Waals surface area contributed by atoms with Crippen molar-refractivity contribution in [1.82, 2.24) is 0 Å². The van der Waals surface area contributed by atoms with Crippen molar-refractivity contribution >= 4 is 5.97 Å². The monoisotopic (exact) mass is 395 g/mol. The van der Waals surface area contributed by atoms with Crippen LogP contribution in [-0.4, -0.2) is 11.1 Å². The molecule has 0 spiro atoms. The van der Waals surface area contributed by atoms with Gasteiger partial charge < -0.3 is 5.11 Å². The van der Waals surface area contributed by atoms with Crippen LogP contribution < -0.4 is 0 Å². The minimum absolute atomic E-state index is 0.342. The average molecular weight is 395 g/mol. The second-order valence-electron chi connectivity index (χ2n) is 6.68. The number of rotatable bonds is 5. The summed E-state index contributed by atoms with van der Waals surface area (Å²) in [7, 11) is 0. The van der Waals surface area contributed by atoms with Crippen LogP contribution in [0.3, 0.4) is 0 Å². The molecule has 0 bridgehead atoms. The number of nitrogens with zero attached hydrogens (tertiary/aromatic N) is 3. The van der Waals surface area contributed by atoms with E-state index in [9.17, 15) is 4.79 Å². The van der Waals surface area contributed by atoms with Gasteiger partial charge in [0.2, 0.25) is 5.66 Å². The van der Waals surface area contributed by atoms with Crippen molar-refractivity contribution in [2.24, 2.45) is 10.2 Å². The number of nitriles is 1. The Morgan fingerprint density at radius 1 is 0.933 bits per heavy atom. The predicted molar refractivity (Wildman–Crippen MR) is 116 cm³/mol. The highest BCUT2D eigenvalue weighted by atomic mass is 16.4. The lowest BCUT2D eigenvalue weighted by molar-refractivity contribution is -0.132. The topological polar surface area (TPSA) is 85.8 Å². The molecule has 0 amide bonds. The fraction of sp³-hybridized carbons (Fsp3) is 0.120. The van der Waals surface area contributed by atoms with Crippen molar-refractivity contribution in [3.05, 3.63) is 108 Å². The molecule has 0 aromatic heterocycles. The quantitative estimate of drug-likeness (QED) is 0.542. The zero-order valence-corrected chi connectivity index (χ0v) is 16.6. The number of carboxylic acids is 1. The summed E-state index contributed by atoms with van der Waals surface area (Å²) in [5.74, 6) is -0.907. The first-order chi connectivity index (χ1) is 14.6. The van der Waals surface area contributed by atoms with E-state index in [1.807, 2.05) is 72.8 Å². The van der Waals surface area contributed by atoms with E-state index >= 15 is 0 Å². The van der Waals surface area contributed by atoms with Crippen molar-refractivity contribution in [3.8, 4) is 17.2 Å². The maximum absolute atomic E-state index is 10.9. The zero-order valence-electron chi connectivity index (χ0n) is 16.6. The molecule has 148 valence electrons. The summed E-state index contributed by atoms with van der Waals surface area (Å²) in [4.78, 5) is 10.9. The fourth-order valence-electron chi connectivity index (χ4n) is 2.92. The summed E-state index contributed by atoms with van der Waals surface area (Å²) < 4.78 is 0. The number of carboxylic acid groups (broad SMARTS) is 1. The molecule has 0 saturated heterocycles. The number of aliphatic carboxylic acids is 1. The Balaban J connectivity index is 0.000000172. The molecule has 0 fully saturated rings. The van der Waals surface area contributed by atoms with E-state index in [-0.39, 0.29) is 0 Å². The molecule has 5 heteroatoms. The summed E-state index contributed by atoms with van der Waals surface area (Å²) in [6.45, 7) is 1.81. The number of hydrogen-bond donors (Lipinski definition) is 1. The van der Waals surface area contributed by atoms with E-state index in [0.717, 1.165) is 11.1 Å². The highest BCUT2D eigenvalue weighted by molar-refractivity contribution is 5.86. The molecule has 0 aliphatic carbocycles. The van der Waals surface area contributed by atoms with Crippen molar-refractivity contribution in [2.75, 3.05) is 0 Å². The molecule has 0 atom stereocenters. The van der Waals surface area contributed by atoms with E-state index < -0.39 is 11.6 Å². The predicted octanol–water partition coefficient (Wildman–Crippen LogP) is 5.95. The lowest BCUT2D eigenvalue weighted by Gasteiger charge is -2.07. The summed E-state index contributed by atoms with van der Waals surface area (Å²) in [6.07, 6.45) is 2.08. The first-order valence-corrected chi connectivity index (χ1v) is 9.58. The second-order valence-corrected chi connectivity index (χ2v) is 6.68. The molecule has 1 aliphatic heterocycles. The lowest BCUT2D eigenvalue weighted by Crippen LogP contribution is -2.09. The molecule has 0 saturated carbocycles. The van der Waals surface area contributed by atoms with Gasteiger partial charge in [0.1, 0.15) is 0 Å². The Labute approximate surface area is 175 Å². The number of carbonyl (C=O) groups is 1. The van der Waals surface area contributed by atoms with Crippen molar-refractivity contribution in [1.29, 1.82) is 5.26 Å². The van der Waals surface area contributed by atoms with Crippen LogP contribution in [0.5, 0.6) is 0 Å². The number of hydrogen-bond acceptors (Lipinski definition) is 4. The van der Waals surface area contributed by atoms with Crippen LogP contribution in [-0.2, 0) is 10.5 Å². The SMILES string of the molecule is CCC(=CC1(c2ccccc2)N=N1)C(=O)O.N#Cc1ccc(-c2ccccc2)cc1. The van der Waals surface area contributed by atoms with Gasteiger partial charge in [-0.05, 0) is 35.8 Å². The van der Waals surface area contributed by atoms with Gasteiger partial charge in [0.15, 0.2) is 0 Å². The standard InChI is InChI=1S/C13H9N.C12H12N2O2/c14-10-11-6-8-13(9-7-11)12-4-2-1-3-5-12;1-2-9(11(15)16)8-12(13-14-12)10-6-4-3-5-7-10/h1-9H;3-8H,2H2,1H3,(H,15,16). The van der Waals surface area contributed by atoms with E-state index in [4.69, 9.17) is 10.4 Å². The molecular formula is C25H21N3O2. The van der Waals surface area contributed by atoms with Gasteiger partial charge in [-0.25, -0.2) is 4.79 Å². The van der Waals surface area contributed by atoms with Gasteiger partial charge in [-0.15, -0.1) is 10.2 Å². The van der Waals surface area contributed by atoms with E-state index in [1.165, 1.54) is 5.56 Å². The summed E-state index contributed by atoms with van der Waals surface area (Å²) >= 11 is 0. The lowest BCUT2D eigenvalue weighted by atomic mass is 9.99. The first kappa shape index (κ1) is 20.7. The molecule has 0 unspecified atom stereocenters. The highest BCUT2D eigenvalue weighted by Crippen LogP contribution is 2.41. The molecule has 5 nitrogen and oxygen atoms in total. The summed E-state index contributed by atoms with van der Waals surface area (Å²) in [5.41, 5.74) is 3.52. The molecule has 4 rings (SSSR count). The first-order valence-electron chi connectivity index (χ1n) is 9.58. The maximum atomic E-state index is 10.9. The van der Waals surface area contributed by atoms with E-state index in [0.29, 0.717) is 17.6 Å². The van der Waals surface area contributed by atoms with Crippen LogP contribution >= 0.6 is 0 Å². The van der Waals surface area contributed by atoms with Gasteiger partial charge >= 0.3 is 5.97 Å². The van der Waals surface area contributed by atoms with E-state index in [1.54, 1.807) is 13.0 Å². The molecule has 1 aliphatic rings. The van der Waals surface area contributed by atoms with Crippen molar-refractivity contribution in [3.63, 3.8) is 0 Å². The number of benzene rings is 3. The molecular weight excluding hydrogens is 374 g/mol. The molecule has 3 aromatic rings. The third-order valence-electron chi connectivity index (χ3n) is 4.67.